The molecule has 8 heteroatoms. The molecular formula is C9H12ClN3O3S. The van der Waals surface area contributed by atoms with Crippen LogP contribution >= 0.6 is 23.8 Å². The lowest BCUT2D eigenvalue weighted by Gasteiger charge is -2.05. The molecular weight excluding hydrogens is 266 g/mol. The van der Waals surface area contributed by atoms with Crippen molar-refractivity contribution >= 4 is 35.7 Å². The smallest absolute Gasteiger partial charge is 0.356 e. The number of rotatable bonds is 5. The largest absolute Gasteiger partial charge is 0.464 e. The van der Waals surface area contributed by atoms with Crippen LogP contribution in [0.5, 0.6) is 0 Å². The molecule has 0 aliphatic heterocycles. The van der Waals surface area contributed by atoms with E-state index in [4.69, 9.17) is 29.6 Å². The molecule has 1 rings (SSSR count). The van der Waals surface area contributed by atoms with Gasteiger partial charge >= 0.3 is 5.97 Å². The van der Waals surface area contributed by atoms with Crippen LogP contribution in [0.2, 0.25) is 0 Å². The highest BCUT2D eigenvalue weighted by atomic mass is 35.5. The van der Waals surface area contributed by atoms with Gasteiger partial charge in [-0.25, -0.2) is 4.79 Å². The number of hydrogen-bond acceptors (Lipinski definition) is 4. The molecule has 1 aromatic rings. The molecule has 0 aliphatic carbocycles. The summed E-state index contributed by atoms with van der Waals surface area (Å²) in [5.41, 5.74) is 5.63. The summed E-state index contributed by atoms with van der Waals surface area (Å²) in [6, 6.07) is 0. The summed E-state index contributed by atoms with van der Waals surface area (Å²) < 4.78 is 6.44. The Morgan fingerprint density at radius 2 is 2.24 bits per heavy atom. The van der Waals surface area contributed by atoms with E-state index < -0.39 is 11.9 Å². The third-order valence-electron chi connectivity index (χ3n) is 2.10. The maximum atomic E-state index is 11.6. The second kappa shape index (κ2) is 5.83. The number of amides is 1. The molecule has 0 atom stereocenters. The van der Waals surface area contributed by atoms with E-state index in [2.05, 4.69) is 9.72 Å². The summed E-state index contributed by atoms with van der Waals surface area (Å²) in [7, 11) is 1.25. The summed E-state index contributed by atoms with van der Waals surface area (Å²) in [4.78, 5) is 25.3. The van der Waals surface area contributed by atoms with Gasteiger partial charge in [-0.1, -0.05) is 0 Å². The fourth-order valence-electron chi connectivity index (χ4n) is 1.45. The van der Waals surface area contributed by atoms with E-state index in [1.165, 1.54) is 11.7 Å². The van der Waals surface area contributed by atoms with E-state index >= 15 is 0 Å². The number of ether oxygens (including phenoxy) is 1. The van der Waals surface area contributed by atoms with Gasteiger partial charge in [0.2, 0.25) is 5.91 Å². The molecule has 0 aromatic carbocycles. The van der Waals surface area contributed by atoms with Crippen LogP contribution in [0.4, 0.5) is 0 Å². The lowest BCUT2D eigenvalue weighted by molar-refractivity contribution is -0.117. The number of H-pyrrole nitrogens is 1. The molecule has 1 heterocycles. The molecule has 17 heavy (non-hydrogen) atoms. The first kappa shape index (κ1) is 13.7. The number of nitrogens with zero attached hydrogens (tertiary/aromatic N) is 1. The quantitative estimate of drug-likeness (QED) is 0.468. The molecule has 0 spiro atoms. The normalized spacial score (nSPS) is 10.2. The average Bonchev–Trinajstić information content (AvgIpc) is 2.54. The van der Waals surface area contributed by atoms with Gasteiger partial charge < -0.3 is 20.0 Å². The Hall–Kier alpha value is -1.34. The number of esters is 1. The van der Waals surface area contributed by atoms with Gasteiger partial charge in [0.25, 0.3) is 0 Å². The molecule has 6 nitrogen and oxygen atoms in total. The number of imidazole rings is 1. The third kappa shape index (κ3) is 3.07. The first-order valence-electron chi connectivity index (χ1n) is 4.75. The van der Waals surface area contributed by atoms with Crippen LogP contribution in [0.15, 0.2) is 0 Å². The summed E-state index contributed by atoms with van der Waals surface area (Å²) in [5, 5.41) is 0. The molecule has 0 bridgehead atoms. The van der Waals surface area contributed by atoms with Crippen molar-refractivity contribution in [3.05, 3.63) is 16.2 Å². The van der Waals surface area contributed by atoms with Gasteiger partial charge in [-0.3, -0.25) is 4.79 Å². The predicted molar refractivity (Wildman–Crippen MR) is 64.6 cm³/mol. The SMILES string of the molecule is COC(=O)c1c(CC(N)=O)[nH]c(=S)n1CCCl. The fourth-order valence-corrected chi connectivity index (χ4v) is 1.93. The van der Waals surface area contributed by atoms with Crippen molar-refractivity contribution in [1.82, 2.24) is 9.55 Å². The van der Waals surface area contributed by atoms with Crippen LogP contribution in [0.1, 0.15) is 16.2 Å². The Morgan fingerprint density at radius 1 is 1.59 bits per heavy atom. The zero-order chi connectivity index (χ0) is 13.0. The van der Waals surface area contributed by atoms with Gasteiger partial charge in [0.05, 0.1) is 19.2 Å². The Kier molecular flexibility index (Phi) is 4.71. The number of methoxy groups -OCH3 is 1. The summed E-state index contributed by atoms with van der Waals surface area (Å²) in [6.45, 7) is 0.347. The number of aromatic amines is 1. The molecule has 1 aromatic heterocycles. The minimum absolute atomic E-state index is 0.108. The van der Waals surface area contributed by atoms with Crippen LogP contribution < -0.4 is 5.73 Å². The molecule has 0 fully saturated rings. The molecule has 0 aliphatic rings. The molecule has 94 valence electrons. The minimum atomic E-state index is -0.585. The van der Waals surface area contributed by atoms with Crippen molar-refractivity contribution in [1.29, 1.82) is 0 Å². The van der Waals surface area contributed by atoms with Crippen molar-refractivity contribution in [2.45, 2.75) is 13.0 Å². The number of aromatic nitrogens is 2. The number of nitrogens with one attached hydrogen (secondary N) is 1. The molecule has 0 saturated heterocycles. The number of carbonyl (C=O) groups excluding carboxylic acids is 2. The predicted octanol–water partition coefficient (Wildman–Crippen LogP) is 0.599. The Bertz CT molecular complexity index is 494. The van der Waals surface area contributed by atoms with Crippen LogP contribution in [-0.4, -0.2) is 34.4 Å². The van der Waals surface area contributed by atoms with Gasteiger partial charge in [-0.05, 0) is 12.2 Å². The average molecular weight is 278 g/mol. The number of hydrogen-bond donors (Lipinski definition) is 2. The standard InChI is InChI=1S/C9H12ClN3O3S/c1-16-8(15)7-5(4-6(11)14)12-9(17)13(7)3-2-10/h2-4H2,1H3,(H2,11,14)(H,12,17). The zero-order valence-electron chi connectivity index (χ0n) is 9.16. The van der Waals surface area contributed by atoms with Crippen molar-refractivity contribution in [2.24, 2.45) is 5.73 Å². The zero-order valence-corrected chi connectivity index (χ0v) is 10.7. The van der Waals surface area contributed by atoms with Crippen LogP contribution in [0, 0.1) is 4.77 Å². The van der Waals surface area contributed by atoms with E-state index in [1.54, 1.807) is 0 Å². The van der Waals surface area contributed by atoms with Crippen LogP contribution in [-0.2, 0) is 22.5 Å². The number of nitrogens with two attached hydrogens (primary N) is 1. The molecule has 0 saturated carbocycles. The Balaban J connectivity index is 3.30. The van der Waals surface area contributed by atoms with Crippen molar-refractivity contribution < 1.29 is 14.3 Å². The van der Waals surface area contributed by atoms with Crippen LogP contribution in [0.3, 0.4) is 0 Å². The Labute approximate surface area is 108 Å². The third-order valence-corrected chi connectivity index (χ3v) is 2.59. The topological polar surface area (TPSA) is 90.1 Å². The van der Waals surface area contributed by atoms with E-state index in [9.17, 15) is 9.59 Å². The van der Waals surface area contributed by atoms with Crippen LogP contribution in [0.25, 0.3) is 0 Å². The highest BCUT2D eigenvalue weighted by Crippen LogP contribution is 2.12. The first-order valence-corrected chi connectivity index (χ1v) is 5.69. The second-order valence-electron chi connectivity index (χ2n) is 3.23. The van der Waals surface area contributed by atoms with E-state index in [1.807, 2.05) is 0 Å². The second-order valence-corrected chi connectivity index (χ2v) is 4.00. The number of halogens is 1. The number of primary amides is 1. The fraction of sp³-hybridized carbons (Fsp3) is 0.444. The van der Waals surface area contributed by atoms with Crippen molar-refractivity contribution in [2.75, 3.05) is 13.0 Å². The van der Waals surface area contributed by atoms with Gasteiger partial charge in [-0.15, -0.1) is 11.6 Å². The highest BCUT2D eigenvalue weighted by molar-refractivity contribution is 7.71. The van der Waals surface area contributed by atoms with E-state index in [-0.39, 0.29) is 18.0 Å². The molecule has 3 N–H and O–H groups in total. The maximum Gasteiger partial charge on any atom is 0.356 e. The first-order chi connectivity index (χ1) is 8.01. The van der Waals surface area contributed by atoms with E-state index in [0.29, 0.717) is 17.0 Å². The van der Waals surface area contributed by atoms with Crippen molar-refractivity contribution in [3.63, 3.8) is 0 Å². The molecule has 0 radical (unpaired) electrons. The highest BCUT2D eigenvalue weighted by Gasteiger charge is 2.20. The molecule has 0 unspecified atom stereocenters. The lowest BCUT2D eigenvalue weighted by atomic mass is 10.2. The monoisotopic (exact) mass is 277 g/mol. The number of alkyl halides is 1. The lowest BCUT2D eigenvalue weighted by Crippen LogP contribution is -2.18. The maximum absolute atomic E-state index is 11.6. The molecule has 1 amide bonds. The van der Waals surface area contributed by atoms with Gasteiger partial charge in [0.15, 0.2) is 4.77 Å². The summed E-state index contributed by atoms with van der Waals surface area (Å²) in [6.07, 6.45) is -0.108. The Morgan fingerprint density at radius 3 is 2.71 bits per heavy atom. The van der Waals surface area contributed by atoms with Gasteiger partial charge in [-0.2, -0.15) is 0 Å². The summed E-state index contributed by atoms with van der Waals surface area (Å²) >= 11 is 10.7. The minimum Gasteiger partial charge on any atom is -0.464 e. The van der Waals surface area contributed by atoms with Crippen molar-refractivity contribution in [3.8, 4) is 0 Å². The van der Waals surface area contributed by atoms with Gasteiger partial charge in [0, 0.05) is 12.4 Å². The van der Waals surface area contributed by atoms with Gasteiger partial charge in [0.1, 0.15) is 5.69 Å². The summed E-state index contributed by atoms with van der Waals surface area (Å²) in [5.74, 6) is -0.866. The van der Waals surface area contributed by atoms with E-state index in [0.717, 1.165) is 0 Å². The number of carbonyl (C=O) groups is 2.